The number of benzene rings is 1. The number of imidazole rings is 1. The Bertz CT molecular complexity index is 649. The van der Waals surface area contributed by atoms with Crippen LogP contribution in [0.2, 0.25) is 0 Å². The second kappa shape index (κ2) is 5.27. The van der Waals surface area contributed by atoms with Crippen molar-refractivity contribution in [3.63, 3.8) is 0 Å². The van der Waals surface area contributed by atoms with Crippen LogP contribution in [0.5, 0.6) is 0 Å². The molecule has 19 heavy (non-hydrogen) atoms. The van der Waals surface area contributed by atoms with Crippen LogP contribution in [0.25, 0.3) is 11.6 Å². The SMILES string of the molecule is CSc1ncc(-c2nnco2)n1Cc1ccccc1. The lowest BCUT2D eigenvalue weighted by Gasteiger charge is -2.08. The van der Waals surface area contributed by atoms with E-state index in [0.29, 0.717) is 5.89 Å². The van der Waals surface area contributed by atoms with E-state index in [1.807, 2.05) is 24.5 Å². The molecule has 96 valence electrons. The van der Waals surface area contributed by atoms with Crippen molar-refractivity contribution >= 4 is 11.8 Å². The first kappa shape index (κ1) is 12.0. The predicted octanol–water partition coefficient (Wildman–Crippen LogP) is 2.70. The Labute approximate surface area is 114 Å². The Hall–Kier alpha value is -2.08. The monoisotopic (exact) mass is 272 g/mol. The minimum atomic E-state index is 0.490. The van der Waals surface area contributed by atoms with Crippen molar-refractivity contribution in [2.45, 2.75) is 11.7 Å². The maximum Gasteiger partial charge on any atom is 0.265 e. The van der Waals surface area contributed by atoms with Gasteiger partial charge in [0.2, 0.25) is 6.39 Å². The van der Waals surface area contributed by atoms with Crippen molar-refractivity contribution in [1.82, 2.24) is 19.7 Å². The molecule has 3 rings (SSSR count). The Balaban J connectivity index is 2.01. The molecule has 0 bridgehead atoms. The molecule has 0 aliphatic heterocycles. The summed E-state index contributed by atoms with van der Waals surface area (Å²) >= 11 is 1.59. The molecule has 0 aliphatic rings. The van der Waals surface area contributed by atoms with Crippen LogP contribution in [-0.4, -0.2) is 26.0 Å². The molecule has 0 saturated heterocycles. The van der Waals surface area contributed by atoms with Crippen LogP contribution < -0.4 is 0 Å². The maximum absolute atomic E-state index is 5.26. The van der Waals surface area contributed by atoms with Crippen molar-refractivity contribution in [1.29, 1.82) is 0 Å². The van der Waals surface area contributed by atoms with Gasteiger partial charge in [-0.25, -0.2) is 4.98 Å². The van der Waals surface area contributed by atoms with Crippen molar-refractivity contribution in [3.05, 3.63) is 48.5 Å². The first-order valence-corrected chi connectivity index (χ1v) is 7.01. The molecule has 0 saturated carbocycles. The molecule has 0 aliphatic carbocycles. The van der Waals surface area contributed by atoms with E-state index in [0.717, 1.165) is 17.4 Å². The highest BCUT2D eigenvalue weighted by atomic mass is 32.2. The normalized spacial score (nSPS) is 10.8. The van der Waals surface area contributed by atoms with Gasteiger partial charge in [-0.2, -0.15) is 0 Å². The molecule has 2 aromatic heterocycles. The van der Waals surface area contributed by atoms with Gasteiger partial charge in [0.1, 0.15) is 5.69 Å². The molecule has 5 nitrogen and oxygen atoms in total. The molecular weight excluding hydrogens is 260 g/mol. The molecule has 0 spiro atoms. The first-order chi connectivity index (χ1) is 9.38. The average Bonchev–Trinajstić information content (AvgIpc) is 3.08. The fourth-order valence-corrected chi connectivity index (χ4v) is 2.44. The lowest BCUT2D eigenvalue weighted by atomic mass is 10.2. The van der Waals surface area contributed by atoms with Crippen LogP contribution in [0.1, 0.15) is 5.56 Å². The molecule has 3 aromatic rings. The summed E-state index contributed by atoms with van der Waals surface area (Å²) in [6.45, 7) is 0.731. The van der Waals surface area contributed by atoms with Crippen molar-refractivity contribution in [2.24, 2.45) is 0 Å². The van der Waals surface area contributed by atoms with E-state index in [1.165, 1.54) is 12.0 Å². The Morgan fingerprint density at radius 2 is 2.11 bits per heavy atom. The molecule has 0 atom stereocenters. The minimum absolute atomic E-state index is 0.490. The lowest BCUT2D eigenvalue weighted by Crippen LogP contribution is -2.03. The Morgan fingerprint density at radius 1 is 1.26 bits per heavy atom. The van der Waals surface area contributed by atoms with Gasteiger partial charge in [0.15, 0.2) is 5.16 Å². The summed E-state index contributed by atoms with van der Waals surface area (Å²) < 4.78 is 7.34. The third-order valence-corrected chi connectivity index (χ3v) is 3.46. The molecule has 6 heteroatoms. The Kier molecular flexibility index (Phi) is 3.33. The summed E-state index contributed by atoms with van der Waals surface area (Å²) in [5.74, 6) is 0.490. The molecule has 2 heterocycles. The third-order valence-electron chi connectivity index (χ3n) is 2.76. The summed E-state index contributed by atoms with van der Waals surface area (Å²) in [7, 11) is 0. The van der Waals surface area contributed by atoms with Gasteiger partial charge in [-0.05, 0) is 11.8 Å². The minimum Gasteiger partial charge on any atom is -0.422 e. The lowest BCUT2D eigenvalue weighted by molar-refractivity contribution is 0.558. The van der Waals surface area contributed by atoms with Gasteiger partial charge in [-0.1, -0.05) is 42.1 Å². The van der Waals surface area contributed by atoms with Crippen LogP contribution in [0.4, 0.5) is 0 Å². The second-order valence-electron chi connectivity index (χ2n) is 3.95. The number of rotatable bonds is 4. The van der Waals surface area contributed by atoms with Crippen molar-refractivity contribution in [2.75, 3.05) is 6.26 Å². The van der Waals surface area contributed by atoms with Crippen LogP contribution in [0.3, 0.4) is 0 Å². The highest BCUT2D eigenvalue weighted by Gasteiger charge is 2.15. The quantitative estimate of drug-likeness (QED) is 0.683. The highest BCUT2D eigenvalue weighted by molar-refractivity contribution is 7.98. The zero-order chi connectivity index (χ0) is 13.1. The molecule has 0 fully saturated rings. The van der Waals surface area contributed by atoms with Gasteiger partial charge in [0.05, 0.1) is 12.7 Å². The summed E-state index contributed by atoms with van der Waals surface area (Å²) in [6, 6.07) is 10.2. The molecule has 0 N–H and O–H groups in total. The smallest absolute Gasteiger partial charge is 0.265 e. The van der Waals surface area contributed by atoms with Gasteiger partial charge in [0.25, 0.3) is 5.89 Å². The zero-order valence-electron chi connectivity index (χ0n) is 10.4. The predicted molar refractivity (Wildman–Crippen MR) is 72.8 cm³/mol. The summed E-state index contributed by atoms with van der Waals surface area (Å²) in [5.41, 5.74) is 2.04. The Morgan fingerprint density at radius 3 is 2.79 bits per heavy atom. The fraction of sp³-hybridized carbons (Fsp3) is 0.154. The van der Waals surface area contributed by atoms with Gasteiger partial charge >= 0.3 is 0 Å². The maximum atomic E-state index is 5.26. The summed E-state index contributed by atoms with van der Waals surface area (Å²) in [4.78, 5) is 4.38. The molecular formula is C13H12N4OS. The highest BCUT2D eigenvalue weighted by Crippen LogP contribution is 2.24. The van der Waals surface area contributed by atoms with E-state index in [4.69, 9.17) is 4.42 Å². The topological polar surface area (TPSA) is 56.7 Å². The van der Waals surface area contributed by atoms with E-state index in [-0.39, 0.29) is 0 Å². The average molecular weight is 272 g/mol. The third kappa shape index (κ3) is 2.39. The summed E-state index contributed by atoms with van der Waals surface area (Å²) in [6.07, 6.45) is 5.09. The molecule has 1 aromatic carbocycles. The standard InChI is InChI=1S/C13H12N4OS/c1-19-13-14-7-11(12-16-15-9-18-12)17(13)8-10-5-3-2-4-6-10/h2-7,9H,8H2,1H3. The van der Waals surface area contributed by atoms with Gasteiger partial charge in [-0.3, -0.25) is 0 Å². The van der Waals surface area contributed by atoms with Crippen LogP contribution >= 0.6 is 11.8 Å². The van der Waals surface area contributed by atoms with Crippen LogP contribution in [0, 0.1) is 0 Å². The summed E-state index contributed by atoms with van der Waals surface area (Å²) in [5, 5.41) is 8.59. The molecule has 0 radical (unpaired) electrons. The number of aromatic nitrogens is 4. The fourth-order valence-electron chi connectivity index (χ4n) is 1.90. The number of hydrogen-bond acceptors (Lipinski definition) is 5. The first-order valence-electron chi connectivity index (χ1n) is 5.78. The number of hydrogen-bond donors (Lipinski definition) is 0. The van der Waals surface area contributed by atoms with Crippen LogP contribution in [-0.2, 0) is 6.54 Å². The van der Waals surface area contributed by atoms with Gasteiger partial charge in [0, 0.05) is 0 Å². The van der Waals surface area contributed by atoms with E-state index in [9.17, 15) is 0 Å². The molecule has 0 amide bonds. The van der Waals surface area contributed by atoms with Gasteiger partial charge < -0.3 is 8.98 Å². The van der Waals surface area contributed by atoms with E-state index in [2.05, 4.69) is 31.9 Å². The van der Waals surface area contributed by atoms with Gasteiger partial charge in [-0.15, -0.1) is 10.2 Å². The zero-order valence-corrected chi connectivity index (χ0v) is 11.2. The van der Waals surface area contributed by atoms with E-state index in [1.54, 1.807) is 18.0 Å². The van der Waals surface area contributed by atoms with E-state index >= 15 is 0 Å². The second-order valence-corrected chi connectivity index (χ2v) is 4.72. The largest absolute Gasteiger partial charge is 0.422 e. The van der Waals surface area contributed by atoms with Crippen molar-refractivity contribution < 1.29 is 4.42 Å². The number of thioether (sulfide) groups is 1. The number of nitrogens with zero attached hydrogens (tertiary/aromatic N) is 4. The van der Waals surface area contributed by atoms with E-state index < -0.39 is 0 Å². The van der Waals surface area contributed by atoms with Crippen molar-refractivity contribution in [3.8, 4) is 11.6 Å². The van der Waals surface area contributed by atoms with Crippen LogP contribution in [0.15, 0.2) is 52.5 Å². The molecule has 0 unspecified atom stereocenters.